The second-order valence-electron chi connectivity index (χ2n) is 7.28. The van der Waals surface area contributed by atoms with Gasteiger partial charge >= 0.3 is 0 Å². The van der Waals surface area contributed by atoms with Crippen LogP contribution in [-0.2, 0) is 5.41 Å². The maximum absolute atomic E-state index is 9.86. The highest BCUT2D eigenvalue weighted by atomic mass is 16.3. The second-order valence-corrected chi connectivity index (χ2v) is 7.28. The van der Waals surface area contributed by atoms with Crippen LogP contribution in [0.1, 0.15) is 64.3 Å². The molecule has 0 atom stereocenters. The average molecular weight is 292 g/mol. The SMILES string of the molecule is Cc1c(N)nc(C(C)(C)C)nc1NC1(CO)CCCCC1. The average Bonchev–Trinajstić information content (AvgIpc) is 2.43. The van der Waals surface area contributed by atoms with Crippen LogP contribution < -0.4 is 11.1 Å². The van der Waals surface area contributed by atoms with E-state index in [1.165, 1.54) is 6.42 Å². The Labute approximate surface area is 127 Å². The Bertz CT molecular complexity index is 502. The van der Waals surface area contributed by atoms with Gasteiger partial charge in [-0.1, -0.05) is 40.0 Å². The fraction of sp³-hybridized carbons (Fsp3) is 0.750. The van der Waals surface area contributed by atoms with E-state index < -0.39 is 0 Å². The highest BCUT2D eigenvalue weighted by Crippen LogP contribution is 2.33. The van der Waals surface area contributed by atoms with Gasteiger partial charge in [0, 0.05) is 11.0 Å². The minimum atomic E-state index is -0.265. The number of aromatic nitrogens is 2. The van der Waals surface area contributed by atoms with Crippen molar-refractivity contribution in [1.29, 1.82) is 0 Å². The van der Waals surface area contributed by atoms with E-state index >= 15 is 0 Å². The molecule has 5 heteroatoms. The lowest BCUT2D eigenvalue weighted by molar-refractivity contribution is 0.172. The van der Waals surface area contributed by atoms with Crippen molar-refractivity contribution in [2.45, 2.75) is 70.8 Å². The van der Waals surface area contributed by atoms with Gasteiger partial charge in [-0.2, -0.15) is 0 Å². The van der Waals surface area contributed by atoms with Gasteiger partial charge in [-0.25, -0.2) is 9.97 Å². The normalized spacial score (nSPS) is 18.5. The number of nitrogens with one attached hydrogen (secondary N) is 1. The van der Waals surface area contributed by atoms with Gasteiger partial charge in [0.25, 0.3) is 0 Å². The van der Waals surface area contributed by atoms with Gasteiger partial charge in [0.05, 0.1) is 12.1 Å². The Hall–Kier alpha value is -1.36. The number of nitrogens with two attached hydrogens (primary N) is 1. The van der Waals surface area contributed by atoms with E-state index in [0.29, 0.717) is 5.82 Å². The molecule has 1 aliphatic carbocycles. The molecular formula is C16H28N4O. The highest BCUT2D eigenvalue weighted by Gasteiger charge is 2.32. The van der Waals surface area contributed by atoms with Crippen LogP contribution in [0.5, 0.6) is 0 Å². The first kappa shape index (κ1) is 16.0. The van der Waals surface area contributed by atoms with Gasteiger partial charge in [0.1, 0.15) is 17.5 Å². The number of aliphatic hydroxyl groups is 1. The zero-order valence-electron chi connectivity index (χ0n) is 13.7. The fourth-order valence-electron chi connectivity index (χ4n) is 2.79. The lowest BCUT2D eigenvalue weighted by Gasteiger charge is -2.37. The first-order chi connectivity index (χ1) is 9.77. The Morgan fingerprint density at radius 1 is 1.19 bits per heavy atom. The second kappa shape index (κ2) is 5.79. The summed E-state index contributed by atoms with van der Waals surface area (Å²) in [6.45, 7) is 8.27. The molecule has 0 unspecified atom stereocenters. The smallest absolute Gasteiger partial charge is 0.138 e. The summed E-state index contributed by atoms with van der Waals surface area (Å²) in [5.41, 5.74) is 6.50. The van der Waals surface area contributed by atoms with Crippen molar-refractivity contribution in [2.24, 2.45) is 0 Å². The zero-order valence-corrected chi connectivity index (χ0v) is 13.7. The molecule has 1 saturated carbocycles. The Kier molecular flexibility index (Phi) is 4.42. The molecule has 0 radical (unpaired) electrons. The molecule has 0 spiro atoms. The molecule has 1 aromatic rings. The molecule has 1 heterocycles. The summed E-state index contributed by atoms with van der Waals surface area (Å²) in [5.74, 6) is 2.02. The molecule has 21 heavy (non-hydrogen) atoms. The predicted molar refractivity (Wildman–Crippen MR) is 86.4 cm³/mol. The van der Waals surface area contributed by atoms with E-state index in [2.05, 4.69) is 36.1 Å². The van der Waals surface area contributed by atoms with Crippen molar-refractivity contribution in [3.8, 4) is 0 Å². The van der Waals surface area contributed by atoms with Crippen LogP contribution in [0.25, 0.3) is 0 Å². The van der Waals surface area contributed by atoms with Crippen LogP contribution in [-0.4, -0.2) is 27.2 Å². The largest absolute Gasteiger partial charge is 0.394 e. The summed E-state index contributed by atoms with van der Waals surface area (Å²) >= 11 is 0. The summed E-state index contributed by atoms with van der Waals surface area (Å²) in [7, 11) is 0. The number of hydrogen-bond donors (Lipinski definition) is 3. The van der Waals surface area contributed by atoms with Crippen LogP contribution in [0, 0.1) is 6.92 Å². The molecule has 0 aromatic carbocycles. The van der Waals surface area contributed by atoms with Crippen molar-refractivity contribution < 1.29 is 5.11 Å². The lowest BCUT2D eigenvalue weighted by Crippen LogP contribution is -2.44. The maximum atomic E-state index is 9.86. The fourth-order valence-corrected chi connectivity index (χ4v) is 2.79. The van der Waals surface area contributed by atoms with Crippen LogP contribution in [0.4, 0.5) is 11.6 Å². The molecule has 2 rings (SSSR count). The first-order valence-corrected chi connectivity index (χ1v) is 7.81. The van der Waals surface area contributed by atoms with Crippen molar-refractivity contribution >= 4 is 11.6 Å². The molecule has 0 aliphatic heterocycles. The van der Waals surface area contributed by atoms with Crippen molar-refractivity contribution in [2.75, 3.05) is 17.7 Å². The van der Waals surface area contributed by atoms with E-state index in [0.717, 1.165) is 42.9 Å². The molecule has 1 aliphatic rings. The molecule has 5 nitrogen and oxygen atoms in total. The molecule has 1 fully saturated rings. The third-order valence-corrected chi connectivity index (χ3v) is 4.35. The molecule has 0 amide bonds. The van der Waals surface area contributed by atoms with Gasteiger partial charge in [0.2, 0.25) is 0 Å². The van der Waals surface area contributed by atoms with E-state index in [9.17, 15) is 5.11 Å². The monoisotopic (exact) mass is 292 g/mol. The summed E-state index contributed by atoms with van der Waals surface area (Å²) < 4.78 is 0. The lowest BCUT2D eigenvalue weighted by atomic mass is 9.82. The van der Waals surface area contributed by atoms with Crippen LogP contribution in [0.3, 0.4) is 0 Å². The van der Waals surface area contributed by atoms with Crippen LogP contribution in [0.15, 0.2) is 0 Å². The highest BCUT2D eigenvalue weighted by molar-refractivity contribution is 5.56. The Morgan fingerprint density at radius 3 is 2.33 bits per heavy atom. The predicted octanol–water partition coefficient (Wildman–Crippen LogP) is 2.77. The van der Waals surface area contributed by atoms with Crippen molar-refractivity contribution in [3.05, 3.63) is 11.4 Å². The van der Waals surface area contributed by atoms with E-state index in [1.807, 2.05) is 6.92 Å². The van der Waals surface area contributed by atoms with E-state index in [4.69, 9.17) is 5.73 Å². The third-order valence-electron chi connectivity index (χ3n) is 4.35. The molecular weight excluding hydrogens is 264 g/mol. The molecule has 0 saturated heterocycles. The Balaban J connectivity index is 2.36. The third kappa shape index (κ3) is 3.46. The summed E-state index contributed by atoms with van der Waals surface area (Å²) in [5, 5.41) is 13.3. The maximum Gasteiger partial charge on any atom is 0.138 e. The molecule has 118 valence electrons. The number of aliphatic hydroxyl groups excluding tert-OH is 1. The van der Waals surface area contributed by atoms with Crippen molar-refractivity contribution in [3.63, 3.8) is 0 Å². The minimum absolute atomic E-state index is 0.126. The number of nitrogen functional groups attached to an aromatic ring is 1. The van der Waals surface area contributed by atoms with Gasteiger partial charge in [-0.05, 0) is 19.8 Å². The number of rotatable bonds is 3. The Morgan fingerprint density at radius 2 is 1.81 bits per heavy atom. The topological polar surface area (TPSA) is 84.1 Å². The van der Waals surface area contributed by atoms with Gasteiger partial charge in [-0.3, -0.25) is 0 Å². The minimum Gasteiger partial charge on any atom is -0.394 e. The molecule has 0 bridgehead atoms. The van der Waals surface area contributed by atoms with Gasteiger partial charge < -0.3 is 16.2 Å². The first-order valence-electron chi connectivity index (χ1n) is 7.81. The number of nitrogens with zero attached hydrogens (tertiary/aromatic N) is 2. The van der Waals surface area contributed by atoms with Gasteiger partial charge in [-0.15, -0.1) is 0 Å². The van der Waals surface area contributed by atoms with Gasteiger partial charge in [0.15, 0.2) is 0 Å². The number of hydrogen-bond acceptors (Lipinski definition) is 5. The molecule has 1 aromatic heterocycles. The summed E-state index contributed by atoms with van der Waals surface area (Å²) in [6.07, 6.45) is 5.45. The molecule has 4 N–H and O–H groups in total. The zero-order chi connectivity index (χ0) is 15.7. The standard InChI is InChI=1S/C16H28N4O/c1-11-12(17)18-14(15(2,3)4)19-13(11)20-16(10-21)8-6-5-7-9-16/h21H,5-10H2,1-4H3,(H3,17,18,19,20). The van der Waals surface area contributed by atoms with Crippen molar-refractivity contribution in [1.82, 2.24) is 9.97 Å². The van der Waals surface area contributed by atoms with E-state index in [-0.39, 0.29) is 17.6 Å². The quantitative estimate of drug-likeness (QED) is 0.797. The van der Waals surface area contributed by atoms with Crippen LogP contribution >= 0.6 is 0 Å². The van der Waals surface area contributed by atoms with Crippen LogP contribution in [0.2, 0.25) is 0 Å². The summed E-state index contributed by atoms with van der Waals surface area (Å²) in [6, 6.07) is 0. The van der Waals surface area contributed by atoms with E-state index in [1.54, 1.807) is 0 Å². The number of anilines is 2. The summed E-state index contributed by atoms with van der Waals surface area (Å²) in [4.78, 5) is 9.09.